The quantitative estimate of drug-likeness (QED) is 0.880. The summed E-state index contributed by atoms with van der Waals surface area (Å²) >= 11 is 0. The summed E-state index contributed by atoms with van der Waals surface area (Å²) in [6.45, 7) is -0.612. The summed E-state index contributed by atoms with van der Waals surface area (Å²) in [5.74, 6) is -4.56. The largest absolute Gasteiger partial charge is 0.481 e. The molecule has 0 fully saturated rings. The fourth-order valence-electron chi connectivity index (χ4n) is 1.51. The zero-order valence-corrected chi connectivity index (χ0v) is 10.5. The van der Waals surface area contributed by atoms with Crippen molar-refractivity contribution in [3.05, 3.63) is 59.7 Å². The predicted octanol–water partition coefficient (Wildman–Crippen LogP) is 3.26. The van der Waals surface area contributed by atoms with Gasteiger partial charge in [0.1, 0.15) is 17.5 Å². The molecule has 0 heterocycles. The van der Waals surface area contributed by atoms with Gasteiger partial charge in [0.2, 0.25) is 0 Å². The standard InChI is InChI=1S/C14H9F4NO2/c15-8-1-3-12(10(17)5-8)19-14(20)7-21-13-4-2-9(16)6-11(13)18/h1-6H,7H2,(H,19,20). The molecule has 0 aromatic heterocycles. The first-order valence-corrected chi connectivity index (χ1v) is 5.78. The van der Waals surface area contributed by atoms with Crippen LogP contribution >= 0.6 is 0 Å². The first-order valence-electron chi connectivity index (χ1n) is 5.78. The second kappa shape index (κ2) is 6.25. The highest BCUT2D eigenvalue weighted by Crippen LogP contribution is 2.18. The van der Waals surface area contributed by atoms with Gasteiger partial charge >= 0.3 is 0 Å². The molecule has 2 aromatic rings. The second-order valence-corrected chi connectivity index (χ2v) is 4.04. The van der Waals surface area contributed by atoms with E-state index < -0.39 is 35.8 Å². The molecule has 2 rings (SSSR count). The van der Waals surface area contributed by atoms with E-state index in [0.717, 1.165) is 24.3 Å². The van der Waals surface area contributed by atoms with Crippen LogP contribution in [-0.4, -0.2) is 12.5 Å². The fraction of sp³-hybridized carbons (Fsp3) is 0.0714. The van der Waals surface area contributed by atoms with Crippen LogP contribution in [0.25, 0.3) is 0 Å². The summed E-state index contributed by atoms with van der Waals surface area (Å²) in [5.41, 5.74) is -0.232. The number of benzene rings is 2. The van der Waals surface area contributed by atoms with Crippen LogP contribution in [0.2, 0.25) is 0 Å². The van der Waals surface area contributed by atoms with E-state index in [2.05, 4.69) is 5.32 Å². The predicted molar refractivity (Wildman–Crippen MR) is 66.8 cm³/mol. The van der Waals surface area contributed by atoms with Crippen molar-refractivity contribution in [2.24, 2.45) is 0 Å². The molecule has 0 radical (unpaired) electrons. The van der Waals surface area contributed by atoms with Gasteiger partial charge in [0.05, 0.1) is 5.69 Å². The van der Waals surface area contributed by atoms with Gasteiger partial charge in [-0.25, -0.2) is 17.6 Å². The molecular formula is C14H9F4NO2. The van der Waals surface area contributed by atoms with Crippen LogP contribution in [-0.2, 0) is 4.79 Å². The molecule has 0 bridgehead atoms. The van der Waals surface area contributed by atoms with Crippen molar-refractivity contribution in [3.8, 4) is 5.75 Å². The molecular weight excluding hydrogens is 290 g/mol. The van der Waals surface area contributed by atoms with Crippen LogP contribution in [0.5, 0.6) is 5.75 Å². The van der Waals surface area contributed by atoms with Crippen molar-refractivity contribution < 1.29 is 27.1 Å². The molecule has 0 aliphatic carbocycles. The normalized spacial score (nSPS) is 10.3. The minimum absolute atomic E-state index is 0.232. The lowest BCUT2D eigenvalue weighted by Gasteiger charge is -2.09. The van der Waals surface area contributed by atoms with Gasteiger partial charge < -0.3 is 10.1 Å². The smallest absolute Gasteiger partial charge is 0.262 e. The molecule has 0 atom stereocenters. The Kier molecular flexibility index (Phi) is 4.42. The topological polar surface area (TPSA) is 38.3 Å². The van der Waals surface area contributed by atoms with Crippen molar-refractivity contribution >= 4 is 11.6 Å². The Morgan fingerprint density at radius 1 is 0.952 bits per heavy atom. The van der Waals surface area contributed by atoms with Crippen LogP contribution in [0.15, 0.2) is 36.4 Å². The number of rotatable bonds is 4. The minimum atomic E-state index is -0.962. The Bertz CT molecular complexity index is 676. The van der Waals surface area contributed by atoms with Gasteiger partial charge in [0, 0.05) is 12.1 Å². The molecule has 1 N–H and O–H groups in total. The summed E-state index contributed by atoms with van der Waals surface area (Å²) in [6.07, 6.45) is 0. The van der Waals surface area contributed by atoms with E-state index in [4.69, 9.17) is 4.74 Å². The number of ether oxygens (including phenoxy) is 1. The maximum atomic E-state index is 13.3. The molecule has 0 unspecified atom stereocenters. The van der Waals surface area contributed by atoms with Crippen molar-refractivity contribution in [1.82, 2.24) is 0 Å². The lowest BCUT2D eigenvalue weighted by Crippen LogP contribution is -2.21. The zero-order chi connectivity index (χ0) is 15.4. The molecule has 0 saturated carbocycles. The van der Waals surface area contributed by atoms with E-state index in [-0.39, 0.29) is 11.4 Å². The van der Waals surface area contributed by atoms with Crippen molar-refractivity contribution in [2.45, 2.75) is 0 Å². The summed E-state index contributed by atoms with van der Waals surface area (Å²) in [6, 6.07) is 5.22. The van der Waals surface area contributed by atoms with Crippen molar-refractivity contribution in [3.63, 3.8) is 0 Å². The lowest BCUT2D eigenvalue weighted by atomic mass is 10.3. The zero-order valence-electron chi connectivity index (χ0n) is 10.5. The third-order valence-corrected chi connectivity index (χ3v) is 2.46. The highest BCUT2D eigenvalue weighted by molar-refractivity contribution is 5.91. The second-order valence-electron chi connectivity index (χ2n) is 4.04. The van der Waals surface area contributed by atoms with Crippen LogP contribution in [0.3, 0.4) is 0 Å². The van der Waals surface area contributed by atoms with Gasteiger partial charge in [0.15, 0.2) is 18.2 Å². The number of hydrogen-bond acceptors (Lipinski definition) is 2. The van der Waals surface area contributed by atoms with Crippen LogP contribution in [0.1, 0.15) is 0 Å². The Morgan fingerprint density at radius 3 is 2.19 bits per heavy atom. The van der Waals surface area contributed by atoms with Gasteiger partial charge in [-0.2, -0.15) is 0 Å². The fourth-order valence-corrected chi connectivity index (χ4v) is 1.51. The molecule has 7 heteroatoms. The third-order valence-electron chi connectivity index (χ3n) is 2.46. The van der Waals surface area contributed by atoms with E-state index in [1.54, 1.807) is 0 Å². The Labute approximate surface area is 117 Å². The maximum absolute atomic E-state index is 13.3. The third kappa shape index (κ3) is 3.95. The minimum Gasteiger partial charge on any atom is -0.481 e. The van der Waals surface area contributed by atoms with Gasteiger partial charge in [-0.3, -0.25) is 4.79 Å². The number of carbonyl (C=O) groups is 1. The number of amides is 1. The molecule has 0 spiro atoms. The molecule has 21 heavy (non-hydrogen) atoms. The highest BCUT2D eigenvalue weighted by Gasteiger charge is 2.10. The summed E-state index contributed by atoms with van der Waals surface area (Å²) in [4.78, 5) is 11.5. The van der Waals surface area contributed by atoms with Crippen LogP contribution in [0.4, 0.5) is 23.2 Å². The highest BCUT2D eigenvalue weighted by atomic mass is 19.1. The van der Waals surface area contributed by atoms with E-state index in [1.807, 2.05) is 0 Å². The number of carbonyl (C=O) groups excluding carboxylic acids is 1. The van der Waals surface area contributed by atoms with E-state index in [1.165, 1.54) is 0 Å². The molecule has 0 saturated heterocycles. The van der Waals surface area contributed by atoms with Crippen molar-refractivity contribution in [2.75, 3.05) is 11.9 Å². The number of halogens is 4. The number of nitrogens with one attached hydrogen (secondary N) is 1. The Balaban J connectivity index is 1.96. The lowest BCUT2D eigenvalue weighted by molar-refractivity contribution is -0.118. The summed E-state index contributed by atoms with van der Waals surface area (Å²) in [5, 5.41) is 2.14. The van der Waals surface area contributed by atoms with Gasteiger partial charge in [-0.05, 0) is 24.3 Å². The summed E-state index contributed by atoms with van der Waals surface area (Å²) < 4.78 is 56.7. The summed E-state index contributed by atoms with van der Waals surface area (Å²) in [7, 11) is 0. The number of anilines is 1. The molecule has 0 aliphatic rings. The van der Waals surface area contributed by atoms with E-state index in [9.17, 15) is 22.4 Å². The van der Waals surface area contributed by atoms with Gasteiger partial charge in [-0.1, -0.05) is 0 Å². The maximum Gasteiger partial charge on any atom is 0.262 e. The van der Waals surface area contributed by atoms with Gasteiger partial charge in [0.25, 0.3) is 5.91 Å². The van der Waals surface area contributed by atoms with E-state index >= 15 is 0 Å². The molecule has 2 aromatic carbocycles. The van der Waals surface area contributed by atoms with Crippen molar-refractivity contribution in [1.29, 1.82) is 0 Å². The van der Waals surface area contributed by atoms with Crippen LogP contribution in [0, 0.1) is 23.3 Å². The molecule has 0 aliphatic heterocycles. The number of hydrogen-bond donors (Lipinski definition) is 1. The molecule has 3 nitrogen and oxygen atoms in total. The first kappa shape index (κ1) is 14.8. The average molecular weight is 299 g/mol. The molecule has 110 valence electrons. The van der Waals surface area contributed by atoms with Crippen LogP contribution < -0.4 is 10.1 Å². The Hall–Kier alpha value is -2.57. The monoisotopic (exact) mass is 299 g/mol. The van der Waals surface area contributed by atoms with Gasteiger partial charge in [-0.15, -0.1) is 0 Å². The Morgan fingerprint density at radius 2 is 1.57 bits per heavy atom. The molecule has 1 amide bonds. The van der Waals surface area contributed by atoms with E-state index in [0.29, 0.717) is 12.1 Å². The SMILES string of the molecule is O=C(COc1ccc(F)cc1F)Nc1ccc(F)cc1F. The average Bonchev–Trinajstić information content (AvgIpc) is 2.41. The first-order chi connectivity index (χ1) is 9.95.